The van der Waals surface area contributed by atoms with Crippen molar-refractivity contribution in [2.75, 3.05) is 13.1 Å². The van der Waals surface area contributed by atoms with Crippen LogP contribution in [0.4, 0.5) is 0 Å². The molecule has 28 heavy (non-hydrogen) atoms. The summed E-state index contributed by atoms with van der Waals surface area (Å²) in [6, 6.07) is 17.6. The number of nitrogens with zero attached hydrogens (tertiary/aromatic N) is 1. The molecule has 0 saturated carbocycles. The fourth-order valence-corrected chi connectivity index (χ4v) is 3.90. The molecule has 1 unspecified atom stereocenters. The number of nitrogens with one attached hydrogen (secondary N) is 1. The molecule has 1 heterocycles. The second kappa shape index (κ2) is 9.85. The van der Waals surface area contributed by atoms with Crippen LogP contribution in [0.15, 0.2) is 48.5 Å². The van der Waals surface area contributed by atoms with Crippen LogP contribution in [-0.2, 0) is 24.4 Å². The Balaban J connectivity index is 1.50. The summed E-state index contributed by atoms with van der Waals surface area (Å²) in [6.07, 6.45) is 1.97. The molecule has 2 aromatic rings. The number of carbonyl (C=O) groups excluding carboxylic acids is 1. The summed E-state index contributed by atoms with van der Waals surface area (Å²) in [4.78, 5) is 13.8. The summed E-state index contributed by atoms with van der Waals surface area (Å²) in [5.74, 6) is 0.410. The lowest BCUT2D eigenvalue weighted by molar-refractivity contribution is -0.123. The van der Waals surface area contributed by atoms with Crippen molar-refractivity contribution < 1.29 is 4.79 Å². The molecular weight excluding hydrogens is 346 g/mol. The molecule has 0 spiro atoms. The van der Waals surface area contributed by atoms with E-state index >= 15 is 0 Å². The summed E-state index contributed by atoms with van der Waals surface area (Å²) in [5, 5.41) is 3.54. The molecule has 1 aliphatic rings. The molecule has 1 fully saturated rings. The van der Waals surface area contributed by atoms with Crippen LogP contribution in [0.3, 0.4) is 0 Å². The Morgan fingerprint density at radius 1 is 1.11 bits per heavy atom. The van der Waals surface area contributed by atoms with E-state index in [1.165, 1.54) is 22.3 Å². The molecule has 0 radical (unpaired) electrons. The summed E-state index contributed by atoms with van der Waals surface area (Å²) in [6.45, 7) is 8.87. The van der Waals surface area contributed by atoms with Gasteiger partial charge in [-0.25, -0.2) is 0 Å². The topological polar surface area (TPSA) is 58.4 Å². The minimum atomic E-state index is -0.163. The van der Waals surface area contributed by atoms with E-state index < -0.39 is 0 Å². The third kappa shape index (κ3) is 5.91. The van der Waals surface area contributed by atoms with E-state index in [0.717, 1.165) is 45.6 Å². The zero-order chi connectivity index (χ0) is 19.9. The number of primary amides is 1. The quantitative estimate of drug-likeness (QED) is 0.733. The summed E-state index contributed by atoms with van der Waals surface area (Å²) >= 11 is 0. The van der Waals surface area contributed by atoms with Crippen LogP contribution in [-0.4, -0.2) is 23.9 Å². The monoisotopic (exact) mass is 379 g/mol. The van der Waals surface area contributed by atoms with Crippen LogP contribution in [0.25, 0.3) is 0 Å². The zero-order valence-electron chi connectivity index (χ0n) is 17.2. The number of nitrogens with two attached hydrogens (primary N) is 1. The van der Waals surface area contributed by atoms with E-state index in [1.54, 1.807) is 0 Å². The van der Waals surface area contributed by atoms with Crippen molar-refractivity contribution in [1.29, 1.82) is 0 Å². The van der Waals surface area contributed by atoms with Crippen molar-refractivity contribution in [3.05, 3.63) is 70.8 Å². The average Bonchev–Trinajstić information content (AvgIpc) is 2.69. The smallest absolute Gasteiger partial charge is 0.221 e. The Bertz CT molecular complexity index is 770. The minimum absolute atomic E-state index is 0.000633. The fourth-order valence-electron chi connectivity index (χ4n) is 3.90. The lowest BCUT2D eigenvalue weighted by atomic mass is 9.97. The first kappa shape index (κ1) is 20.6. The third-order valence-electron chi connectivity index (χ3n) is 5.61. The van der Waals surface area contributed by atoms with Crippen LogP contribution in [0.1, 0.15) is 54.9 Å². The van der Waals surface area contributed by atoms with Gasteiger partial charge in [-0.15, -0.1) is 0 Å². The largest absolute Gasteiger partial charge is 0.369 e. The lowest BCUT2D eigenvalue weighted by Gasteiger charge is -2.31. The predicted octanol–water partition coefficient (Wildman–Crippen LogP) is 3.80. The number of carbonyl (C=O) groups is 1. The lowest BCUT2D eigenvalue weighted by Crippen LogP contribution is -2.40. The van der Waals surface area contributed by atoms with Crippen molar-refractivity contribution in [3.63, 3.8) is 0 Å². The number of amides is 1. The van der Waals surface area contributed by atoms with Crippen molar-refractivity contribution in [2.24, 2.45) is 11.7 Å². The molecule has 2 aromatic carbocycles. The first-order valence-corrected chi connectivity index (χ1v) is 10.4. The number of hydrogen-bond acceptors (Lipinski definition) is 3. The van der Waals surface area contributed by atoms with Crippen LogP contribution < -0.4 is 11.1 Å². The van der Waals surface area contributed by atoms with Crippen molar-refractivity contribution in [3.8, 4) is 0 Å². The van der Waals surface area contributed by atoms with Gasteiger partial charge in [-0.3, -0.25) is 9.69 Å². The van der Waals surface area contributed by atoms with Crippen LogP contribution in [0.2, 0.25) is 0 Å². The SMILES string of the molecule is CC(C)c1ccc(CNCc2cccc(CN3CCCC(C(N)=O)C3)c2)cc1. The van der Waals surface area contributed by atoms with Crippen LogP contribution >= 0.6 is 0 Å². The van der Waals surface area contributed by atoms with Gasteiger partial charge >= 0.3 is 0 Å². The van der Waals surface area contributed by atoms with Gasteiger partial charge in [0.1, 0.15) is 0 Å². The summed E-state index contributed by atoms with van der Waals surface area (Å²) in [5.41, 5.74) is 10.8. The third-order valence-corrected chi connectivity index (χ3v) is 5.61. The molecular formula is C24H33N3O. The molecule has 0 bridgehead atoms. The van der Waals surface area contributed by atoms with Crippen molar-refractivity contribution in [2.45, 2.75) is 52.2 Å². The average molecular weight is 380 g/mol. The maximum absolute atomic E-state index is 11.5. The van der Waals surface area contributed by atoms with Gasteiger partial charge in [-0.2, -0.15) is 0 Å². The molecule has 3 rings (SSSR count). The van der Waals surface area contributed by atoms with E-state index in [-0.39, 0.29) is 11.8 Å². The summed E-state index contributed by atoms with van der Waals surface area (Å²) < 4.78 is 0. The highest BCUT2D eigenvalue weighted by atomic mass is 16.1. The van der Waals surface area contributed by atoms with Gasteiger partial charge in [0.25, 0.3) is 0 Å². The number of likely N-dealkylation sites (tertiary alicyclic amines) is 1. The molecule has 1 aliphatic heterocycles. The Labute approximate surface area is 169 Å². The second-order valence-corrected chi connectivity index (χ2v) is 8.30. The zero-order valence-corrected chi connectivity index (χ0v) is 17.2. The number of hydrogen-bond donors (Lipinski definition) is 2. The Morgan fingerprint density at radius 2 is 1.82 bits per heavy atom. The number of benzene rings is 2. The maximum Gasteiger partial charge on any atom is 0.221 e. The van der Waals surface area contributed by atoms with Crippen LogP contribution in [0, 0.1) is 5.92 Å². The van der Waals surface area contributed by atoms with E-state index in [0.29, 0.717) is 5.92 Å². The molecule has 1 amide bonds. The van der Waals surface area contributed by atoms with E-state index in [2.05, 4.69) is 72.6 Å². The molecule has 1 saturated heterocycles. The van der Waals surface area contributed by atoms with Gasteiger partial charge in [0.15, 0.2) is 0 Å². The van der Waals surface area contributed by atoms with E-state index in [1.807, 2.05) is 0 Å². The van der Waals surface area contributed by atoms with Gasteiger partial charge in [0.05, 0.1) is 5.92 Å². The normalized spacial score (nSPS) is 17.8. The highest BCUT2D eigenvalue weighted by Crippen LogP contribution is 2.19. The highest BCUT2D eigenvalue weighted by Gasteiger charge is 2.23. The second-order valence-electron chi connectivity index (χ2n) is 8.30. The Morgan fingerprint density at radius 3 is 2.54 bits per heavy atom. The van der Waals surface area contributed by atoms with Crippen molar-refractivity contribution in [1.82, 2.24) is 10.2 Å². The van der Waals surface area contributed by atoms with Gasteiger partial charge in [-0.05, 0) is 47.6 Å². The fraction of sp³-hybridized carbons (Fsp3) is 0.458. The first-order chi connectivity index (χ1) is 13.5. The predicted molar refractivity (Wildman–Crippen MR) is 115 cm³/mol. The maximum atomic E-state index is 11.5. The molecule has 4 nitrogen and oxygen atoms in total. The van der Waals surface area contributed by atoms with Gasteiger partial charge < -0.3 is 11.1 Å². The minimum Gasteiger partial charge on any atom is -0.369 e. The first-order valence-electron chi connectivity index (χ1n) is 10.4. The molecule has 3 N–H and O–H groups in total. The number of rotatable bonds is 8. The van der Waals surface area contributed by atoms with E-state index in [4.69, 9.17) is 5.73 Å². The Kier molecular flexibility index (Phi) is 7.24. The molecule has 0 aromatic heterocycles. The molecule has 150 valence electrons. The highest BCUT2D eigenvalue weighted by molar-refractivity contribution is 5.76. The standard InChI is InChI=1S/C24H33N3O/c1-18(2)22-10-8-19(9-11-22)14-26-15-20-5-3-6-21(13-20)16-27-12-4-7-23(17-27)24(25)28/h3,5-6,8-11,13,18,23,26H,4,7,12,14-17H2,1-2H3,(H2,25,28). The number of piperidine rings is 1. The van der Waals surface area contributed by atoms with Gasteiger partial charge in [0.2, 0.25) is 5.91 Å². The van der Waals surface area contributed by atoms with Crippen LogP contribution in [0.5, 0.6) is 0 Å². The van der Waals surface area contributed by atoms with Crippen molar-refractivity contribution >= 4 is 5.91 Å². The molecule has 4 heteroatoms. The Hall–Kier alpha value is -2.17. The molecule has 1 atom stereocenters. The van der Waals surface area contributed by atoms with Gasteiger partial charge in [-0.1, -0.05) is 62.4 Å². The summed E-state index contributed by atoms with van der Waals surface area (Å²) in [7, 11) is 0. The molecule has 0 aliphatic carbocycles. The van der Waals surface area contributed by atoms with E-state index in [9.17, 15) is 4.79 Å². The van der Waals surface area contributed by atoms with Gasteiger partial charge in [0, 0.05) is 26.2 Å².